The standard InChI is InChI=1S/C10H21NO/c1-8(2)7-11(3)9-5-4-6-10(9)12/h8-10,12H,4-7H2,1-3H3/t9-,10-/m0/s1. The SMILES string of the molecule is CC(C)CN(C)[C@H]1CCC[C@@H]1O. The Labute approximate surface area is 75.6 Å². The van der Waals surface area contributed by atoms with Gasteiger partial charge in [0.25, 0.3) is 0 Å². The summed E-state index contributed by atoms with van der Waals surface area (Å²) in [6.45, 7) is 5.54. The van der Waals surface area contributed by atoms with Crippen molar-refractivity contribution in [3.63, 3.8) is 0 Å². The smallest absolute Gasteiger partial charge is 0.0695 e. The van der Waals surface area contributed by atoms with Crippen molar-refractivity contribution in [3.05, 3.63) is 0 Å². The van der Waals surface area contributed by atoms with Crippen LogP contribution in [-0.4, -0.2) is 35.7 Å². The Hall–Kier alpha value is -0.0800. The molecule has 0 aromatic rings. The van der Waals surface area contributed by atoms with Crippen LogP contribution in [0.3, 0.4) is 0 Å². The minimum atomic E-state index is -0.0752. The molecule has 1 aliphatic rings. The van der Waals surface area contributed by atoms with Crippen LogP contribution in [-0.2, 0) is 0 Å². The summed E-state index contributed by atoms with van der Waals surface area (Å²) in [6.07, 6.45) is 3.28. The van der Waals surface area contributed by atoms with Crippen LogP contribution < -0.4 is 0 Å². The van der Waals surface area contributed by atoms with Gasteiger partial charge in [0.05, 0.1) is 6.10 Å². The third-order valence-corrected chi connectivity index (χ3v) is 2.66. The molecule has 0 heterocycles. The van der Waals surface area contributed by atoms with E-state index in [1.165, 1.54) is 12.8 Å². The molecule has 0 spiro atoms. The zero-order valence-electron chi connectivity index (χ0n) is 8.45. The van der Waals surface area contributed by atoms with Gasteiger partial charge in [-0.25, -0.2) is 0 Å². The second-order valence-electron chi connectivity index (χ2n) is 4.40. The molecule has 0 aromatic heterocycles. The lowest BCUT2D eigenvalue weighted by molar-refractivity contribution is 0.0801. The van der Waals surface area contributed by atoms with E-state index in [2.05, 4.69) is 25.8 Å². The minimum Gasteiger partial charge on any atom is -0.391 e. The van der Waals surface area contributed by atoms with Gasteiger partial charge in [-0.1, -0.05) is 13.8 Å². The van der Waals surface area contributed by atoms with Crippen LogP contribution in [0.25, 0.3) is 0 Å². The van der Waals surface area contributed by atoms with E-state index in [0.29, 0.717) is 12.0 Å². The third-order valence-electron chi connectivity index (χ3n) is 2.66. The van der Waals surface area contributed by atoms with Gasteiger partial charge in [0.15, 0.2) is 0 Å². The molecule has 2 nitrogen and oxygen atoms in total. The Morgan fingerprint density at radius 2 is 2.08 bits per heavy atom. The van der Waals surface area contributed by atoms with Crippen LogP contribution in [0.15, 0.2) is 0 Å². The molecule has 1 rings (SSSR count). The molecule has 72 valence electrons. The average molecular weight is 171 g/mol. The van der Waals surface area contributed by atoms with Crippen molar-refractivity contribution in [1.29, 1.82) is 0 Å². The minimum absolute atomic E-state index is 0.0752. The number of hydrogen-bond acceptors (Lipinski definition) is 2. The Bertz CT molecular complexity index is 136. The first-order valence-corrected chi connectivity index (χ1v) is 4.99. The third kappa shape index (κ3) is 2.46. The lowest BCUT2D eigenvalue weighted by Crippen LogP contribution is -2.39. The second kappa shape index (κ2) is 4.24. The summed E-state index contributed by atoms with van der Waals surface area (Å²) >= 11 is 0. The van der Waals surface area contributed by atoms with Gasteiger partial charge in [-0.15, -0.1) is 0 Å². The Balaban J connectivity index is 2.35. The second-order valence-corrected chi connectivity index (χ2v) is 4.40. The zero-order valence-corrected chi connectivity index (χ0v) is 8.45. The molecular formula is C10H21NO. The summed E-state index contributed by atoms with van der Waals surface area (Å²) in [5, 5.41) is 9.63. The van der Waals surface area contributed by atoms with Gasteiger partial charge in [-0.3, -0.25) is 0 Å². The monoisotopic (exact) mass is 171 g/mol. The molecule has 0 aromatic carbocycles. The molecule has 0 bridgehead atoms. The van der Waals surface area contributed by atoms with Gasteiger partial charge in [-0.05, 0) is 32.2 Å². The summed E-state index contributed by atoms with van der Waals surface area (Å²) in [5.74, 6) is 0.697. The number of nitrogens with zero attached hydrogens (tertiary/aromatic N) is 1. The van der Waals surface area contributed by atoms with E-state index >= 15 is 0 Å². The van der Waals surface area contributed by atoms with Crippen molar-refractivity contribution in [3.8, 4) is 0 Å². The number of aliphatic hydroxyl groups is 1. The first-order chi connectivity index (χ1) is 5.61. The molecule has 1 fully saturated rings. The van der Waals surface area contributed by atoms with E-state index in [-0.39, 0.29) is 6.10 Å². The fourth-order valence-corrected chi connectivity index (χ4v) is 2.15. The lowest BCUT2D eigenvalue weighted by Gasteiger charge is -2.28. The number of rotatable bonds is 3. The highest BCUT2D eigenvalue weighted by Crippen LogP contribution is 2.23. The molecule has 0 amide bonds. The van der Waals surface area contributed by atoms with Crippen LogP contribution in [0, 0.1) is 5.92 Å². The predicted molar refractivity (Wildman–Crippen MR) is 51.1 cm³/mol. The quantitative estimate of drug-likeness (QED) is 0.695. The number of hydrogen-bond donors (Lipinski definition) is 1. The fraction of sp³-hybridized carbons (Fsp3) is 1.00. The highest BCUT2D eigenvalue weighted by atomic mass is 16.3. The molecule has 0 aliphatic heterocycles. The molecule has 1 saturated carbocycles. The molecule has 2 heteroatoms. The molecule has 0 radical (unpaired) electrons. The average Bonchev–Trinajstić information content (AvgIpc) is 2.33. The van der Waals surface area contributed by atoms with E-state index in [0.717, 1.165) is 13.0 Å². The molecular weight excluding hydrogens is 150 g/mol. The van der Waals surface area contributed by atoms with Crippen LogP contribution >= 0.6 is 0 Å². The van der Waals surface area contributed by atoms with Crippen molar-refractivity contribution in [1.82, 2.24) is 4.90 Å². The highest BCUT2D eigenvalue weighted by molar-refractivity contribution is 4.83. The molecule has 1 aliphatic carbocycles. The Morgan fingerprint density at radius 1 is 1.42 bits per heavy atom. The largest absolute Gasteiger partial charge is 0.391 e. The number of aliphatic hydroxyl groups excluding tert-OH is 1. The summed E-state index contributed by atoms with van der Waals surface area (Å²) in [6, 6.07) is 0.424. The highest BCUT2D eigenvalue weighted by Gasteiger charge is 2.28. The first-order valence-electron chi connectivity index (χ1n) is 4.99. The Kier molecular flexibility index (Phi) is 3.53. The van der Waals surface area contributed by atoms with Crippen LogP contribution in [0.2, 0.25) is 0 Å². The molecule has 1 N–H and O–H groups in total. The summed E-state index contributed by atoms with van der Waals surface area (Å²) in [5.41, 5.74) is 0. The van der Waals surface area contributed by atoms with Crippen molar-refractivity contribution in [2.45, 2.75) is 45.3 Å². The van der Waals surface area contributed by atoms with E-state index in [1.54, 1.807) is 0 Å². The molecule has 2 atom stereocenters. The lowest BCUT2D eigenvalue weighted by atomic mass is 10.1. The molecule has 0 unspecified atom stereocenters. The maximum Gasteiger partial charge on any atom is 0.0695 e. The number of likely N-dealkylation sites (N-methyl/N-ethyl adjacent to an activating group) is 1. The van der Waals surface area contributed by atoms with Gasteiger partial charge in [0.1, 0.15) is 0 Å². The van der Waals surface area contributed by atoms with E-state index in [1.807, 2.05) is 0 Å². The Morgan fingerprint density at radius 3 is 2.50 bits per heavy atom. The predicted octanol–water partition coefficient (Wildman–Crippen LogP) is 1.49. The maximum atomic E-state index is 9.63. The van der Waals surface area contributed by atoms with Crippen LogP contribution in [0.1, 0.15) is 33.1 Å². The van der Waals surface area contributed by atoms with Crippen molar-refractivity contribution in [2.75, 3.05) is 13.6 Å². The summed E-state index contributed by atoms with van der Waals surface area (Å²) in [4.78, 5) is 2.31. The summed E-state index contributed by atoms with van der Waals surface area (Å²) < 4.78 is 0. The summed E-state index contributed by atoms with van der Waals surface area (Å²) in [7, 11) is 2.12. The van der Waals surface area contributed by atoms with Crippen molar-refractivity contribution >= 4 is 0 Å². The van der Waals surface area contributed by atoms with Crippen molar-refractivity contribution < 1.29 is 5.11 Å². The van der Waals surface area contributed by atoms with E-state index in [4.69, 9.17) is 0 Å². The van der Waals surface area contributed by atoms with E-state index in [9.17, 15) is 5.11 Å². The van der Waals surface area contributed by atoms with Gasteiger partial charge < -0.3 is 10.0 Å². The first kappa shape index (κ1) is 10.0. The fourth-order valence-electron chi connectivity index (χ4n) is 2.15. The van der Waals surface area contributed by atoms with Gasteiger partial charge >= 0.3 is 0 Å². The van der Waals surface area contributed by atoms with Gasteiger partial charge in [0, 0.05) is 12.6 Å². The van der Waals surface area contributed by atoms with Crippen LogP contribution in [0.4, 0.5) is 0 Å². The molecule has 0 saturated heterocycles. The van der Waals surface area contributed by atoms with Crippen molar-refractivity contribution in [2.24, 2.45) is 5.92 Å². The zero-order chi connectivity index (χ0) is 9.14. The normalized spacial score (nSPS) is 30.5. The van der Waals surface area contributed by atoms with Crippen LogP contribution in [0.5, 0.6) is 0 Å². The van der Waals surface area contributed by atoms with Gasteiger partial charge in [0.2, 0.25) is 0 Å². The molecule has 12 heavy (non-hydrogen) atoms. The van der Waals surface area contributed by atoms with Gasteiger partial charge in [-0.2, -0.15) is 0 Å². The maximum absolute atomic E-state index is 9.63. The van der Waals surface area contributed by atoms with E-state index < -0.39 is 0 Å². The topological polar surface area (TPSA) is 23.5 Å².